The summed E-state index contributed by atoms with van der Waals surface area (Å²) < 4.78 is 48.7. The first-order valence-corrected chi connectivity index (χ1v) is 13.8. The van der Waals surface area contributed by atoms with E-state index in [1.54, 1.807) is 0 Å². The largest absolute Gasteiger partial charge is 0.467 e. The van der Waals surface area contributed by atoms with Crippen LogP contribution in [0, 0.1) is 0 Å². The number of methoxy groups -OCH3 is 5. The normalized spacial score (nSPS) is 38.1. The highest BCUT2D eigenvalue weighted by Crippen LogP contribution is 2.25. The van der Waals surface area contributed by atoms with E-state index >= 15 is 0 Å². The highest BCUT2D eigenvalue weighted by molar-refractivity contribution is 5.88. The molecule has 4 aliphatic heterocycles. The maximum absolute atomic E-state index is 13.6. The van der Waals surface area contributed by atoms with Crippen molar-refractivity contribution in [2.24, 2.45) is 5.11 Å². The van der Waals surface area contributed by atoms with Crippen molar-refractivity contribution in [2.75, 3.05) is 62.0 Å². The topological polar surface area (TPSA) is 236 Å². The van der Waals surface area contributed by atoms with Gasteiger partial charge in [-0.15, -0.1) is 0 Å². The number of hydrogen-bond donors (Lipinski definition) is 3. The average Bonchev–Trinajstić information content (AvgIpc) is 3.81. The van der Waals surface area contributed by atoms with Crippen molar-refractivity contribution >= 4 is 23.7 Å². The van der Waals surface area contributed by atoms with E-state index in [0.29, 0.717) is 0 Å². The van der Waals surface area contributed by atoms with Gasteiger partial charge in [0.15, 0.2) is 18.3 Å². The van der Waals surface area contributed by atoms with E-state index in [-0.39, 0.29) is 26.4 Å². The molecule has 3 N–H and O–H groups in total. The third kappa shape index (κ3) is 6.90. The second kappa shape index (κ2) is 15.2. The number of amides is 3. The Morgan fingerprint density at radius 2 is 0.977 bits per heavy atom. The third-order valence-electron chi connectivity index (χ3n) is 8.16. The molecule has 3 amide bonds. The molecule has 0 aromatic rings. The van der Waals surface area contributed by atoms with Crippen LogP contribution in [-0.4, -0.2) is 159 Å². The van der Waals surface area contributed by atoms with Gasteiger partial charge < -0.3 is 58.6 Å². The Hall–Kier alpha value is -3.13. The van der Waals surface area contributed by atoms with Crippen molar-refractivity contribution in [1.82, 2.24) is 16.0 Å². The van der Waals surface area contributed by atoms with E-state index < -0.39 is 96.7 Å². The molecule has 0 aliphatic carbocycles. The number of carbonyl (C=O) groups excluding carboxylic acids is 4. The monoisotopic (exact) mass is 630 g/mol. The summed E-state index contributed by atoms with van der Waals surface area (Å²) in [4.78, 5) is 55.2. The fourth-order valence-electron chi connectivity index (χ4n) is 5.72. The fourth-order valence-corrected chi connectivity index (χ4v) is 5.72. The summed E-state index contributed by atoms with van der Waals surface area (Å²) in [5.41, 5.74) is 8.95. The summed E-state index contributed by atoms with van der Waals surface area (Å²) in [6.07, 6.45) is -7.45. The van der Waals surface area contributed by atoms with E-state index in [1.807, 2.05) is 0 Å². The zero-order valence-electron chi connectivity index (χ0n) is 24.9. The predicted octanol–water partition coefficient (Wildman–Crippen LogP) is -3.05. The highest BCUT2D eigenvalue weighted by Gasteiger charge is 2.51. The minimum Gasteiger partial charge on any atom is -0.467 e. The molecule has 246 valence electrons. The van der Waals surface area contributed by atoms with Crippen molar-refractivity contribution in [2.45, 2.75) is 73.0 Å². The van der Waals surface area contributed by atoms with Crippen LogP contribution in [-0.2, 0) is 61.8 Å². The number of nitrogens with zero attached hydrogens (tertiary/aromatic N) is 3. The van der Waals surface area contributed by atoms with Crippen molar-refractivity contribution in [3.8, 4) is 0 Å². The molecule has 0 saturated carbocycles. The van der Waals surface area contributed by atoms with Crippen molar-refractivity contribution in [3.63, 3.8) is 0 Å². The minimum atomic E-state index is -1.24. The second-order valence-corrected chi connectivity index (χ2v) is 10.4. The molecule has 4 rings (SSSR count). The molecule has 19 heteroatoms. The summed E-state index contributed by atoms with van der Waals surface area (Å²) in [6, 6.07) is -3.77. The number of azide groups is 1. The Labute approximate surface area is 252 Å². The van der Waals surface area contributed by atoms with E-state index in [0.717, 1.165) is 0 Å². The Bertz CT molecular complexity index is 1110. The number of esters is 1. The smallest absolute Gasteiger partial charge is 0.337 e. The van der Waals surface area contributed by atoms with Gasteiger partial charge in [0.25, 0.3) is 11.8 Å². The number of hydrogen-bond acceptors (Lipinski definition) is 14. The molecule has 4 heterocycles. The van der Waals surface area contributed by atoms with Crippen LogP contribution in [0.1, 0.15) is 0 Å². The van der Waals surface area contributed by atoms with Gasteiger partial charge >= 0.3 is 5.97 Å². The Balaban J connectivity index is 1.46. The predicted molar refractivity (Wildman–Crippen MR) is 143 cm³/mol. The molecular weight excluding hydrogens is 592 g/mol. The SMILES string of the molecule is COC(=O)[C@@H]1OC[C@@H](OC)[C@H]1NC(=O)C1OC[C@@H](OC)C1NC(=O)[C@@H]1OC[C@@H](OC)C1NC(=O)[C@@H]1OCC(OC)[C@H]1N=[N+]=[N-]. The lowest BCUT2D eigenvalue weighted by molar-refractivity contribution is -0.152. The van der Waals surface area contributed by atoms with Gasteiger partial charge in [-0.1, -0.05) is 5.11 Å². The number of ether oxygens (including phenoxy) is 9. The first kappa shape index (κ1) is 33.8. The van der Waals surface area contributed by atoms with Gasteiger partial charge in [0.1, 0.15) is 30.5 Å². The Morgan fingerprint density at radius 1 is 0.614 bits per heavy atom. The first-order valence-electron chi connectivity index (χ1n) is 13.8. The summed E-state index contributed by atoms with van der Waals surface area (Å²) >= 11 is 0. The maximum atomic E-state index is 13.6. The van der Waals surface area contributed by atoms with Gasteiger partial charge in [0, 0.05) is 33.4 Å². The molecule has 0 bridgehead atoms. The van der Waals surface area contributed by atoms with E-state index in [4.69, 9.17) is 48.2 Å². The fraction of sp³-hybridized carbons (Fsp3) is 0.840. The maximum Gasteiger partial charge on any atom is 0.337 e. The van der Waals surface area contributed by atoms with Gasteiger partial charge in [0.2, 0.25) is 5.91 Å². The number of rotatable bonds is 12. The zero-order chi connectivity index (χ0) is 32.0. The lowest BCUT2D eigenvalue weighted by atomic mass is 10.0. The Morgan fingerprint density at radius 3 is 1.39 bits per heavy atom. The molecule has 4 aliphatic rings. The summed E-state index contributed by atoms with van der Waals surface area (Å²) in [6.45, 7) is 0.0160. The highest BCUT2D eigenvalue weighted by atomic mass is 16.6. The van der Waals surface area contributed by atoms with Crippen LogP contribution in [0.15, 0.2) is 5.11 Å². The van der Waals surface area contributed by atoms with Crippen LogP contribution < -0.4 is 16.0 Å². The molecule has 0 aromatic heterocycles. The first-order chi connectivity index (χ1) is 21.2. The van der Waals surface area contributed by atoms with Crippen LogP contribution >= 0.6 is 0 Å². The Kier molecular flexibility index (Phi) is 11.7. The zero-order valence-corrected chi connectivity index (χ0v) is 24.9. The lowest BCUT2D eigenvalue weighted by Crippen LogP contribution is -2.60. The van der Waals surface area contributed by atoms with Gasteiger partial charge in [0.05, 0.1) is 57.8 Å². The number of carbonyl (C=O) groups is 4. The third-order valence-corrected chi connectivity index (χ3v) is 8.16. The van der Waals surface area contributed by atoms with Crippen LogP contribution in [0.4, 0.5) is 0 Å². The van der Waals surface area contributed by atoms with Gasteiger partial charge in [-0.25, -0.2) is 4.79 Å². The van der Waals surface area contributed by atoms with Gasteiger partial charge in [-0.2, -0.15) is 0 Å². The quantitative estimate of drug-likeness (QED) is 0.0842. The van der Waals surface area contributed by atoms with Gasteiger partial charge in [-0.05, 0) is 5.53 Å². The molecule has 4 saturated heterocycles. The summed E-state index contributed by atoms with van der Waals surface area (Å²) in [5, 5.41) is 11.8. The minimum absolute atomic E-state index is 0.0261. The molecule has 0 aromatic carbocycles. The molecule has 0 radical (unpaired) electrons. The second-order valence-electron chi connectivity index (χ2n) is 10.4. The van der Waals surface area contributed by atoms with Gasteiger partial charge in [-0.3, -0.25) is 14.4 Å². The average molecular weight is 631 g/mol. The molecule has 12 atom stereocenters. The molecular formula is C25H38N6O13. The van der Waals surface area contributed by atoms with E-state index in [2.05, 4.69) is 26.0 Å². The van der Waals surface area contributed by atoms with Crippen LogP contribution in [0.5, 0.6) is 0 Å². The summed E-state index contributed by atoms with van der Waals surface area (Å²) in [7, 11) is 6.82. The molecule has 4 fully saturated rings. The van der Waals surface area contributed by atoms with Crippen LogP contribution in [0.2, 0.25) is 0 Å². The molecule has 0 spiro atoms. The molecule has 19 nitrogen and oxygen atoms in total. The standard InChI is InChI=1S/C25H38N6O13/c1-36-10-6-42-19(23(33)29-16-12(38-3)8-44-21(16)25(35)40-5)14(10)27-22(32)18-15(11(37-2)7-41-18)28-24(34)20-17(30-31-26)13(39-4)9-43-20/h10-21H,6-9H2,1-5H3,(H,27,32)(H,28,34)(H,29,33)/t10-,11-,12-,13?,14?,15?,16-,17-,18-,19?,20-,21-/m1/s1. The lowest BCUT2D eigenvalue weighted by Gasteiger charge is -2.29. The summed E-state index contributed by atoms with van der Waals surface area (Å²) in [5.74, 6) is -2.67. The van der Waals surface area contributed by atoms with Crippen molar-refractivity contribution < 1.29 is 61.8 Å². The van der Waals surface area contributed by atoms with E-state index in [9.17, 15) is 19.2 Å². The molecule has 44 heavy (non-hydrogen) atoms. The van der Waals surface area contributed by atoms with Crippen molar-refractivity contribution in [3.05, 3.63) is 10.4 Å². The molecule has 4 unspecified atom stereocenters. The number of nitrogens with one attached hydrogen (secondary N) is 3. The van der Waals surface area contributed by atoms with Crippen LogP contribution in [0.25, 0.3) is 10.4 Å². The van der Waals surface area contributed by atoms with E-state index in [1.165, 1.54) is 35.5 Å². The van der Waals surface area contributed by atoms with Crippen LogP contribution in [0.3, 0.4) is 0 Å². The van der Waals surface area contributed by atoms with Crippen molar-refractivity contribution in [1.29, 1.82) is 0 Å².